The van der Waals surface area contributed by atoms with Gasteiger partial charge in [0, 0.05) is 13.1 Å². The lowest BCUT2D eigenvalue weighted by atomic mass is 10.1. The van der Waals surface area contributed by atoms with Gasteiger partial charge in [-0.25, -0.2) is 9.97 Å². The summed E-state index contributed by atoms with van der Waals surface area (Å²) in [5, 5.41) is 2.80. The first-order valence-corrected chi connectivity index (χ1v) is 8.41. The number of benzene rings is 1. The Labute approximate surface area is 154 Å². The van der Waals surface area contributed by atoms with Crippen molar-refractivity contribution in [2.45, 2.75) is 32.2 Å². The Bertz CT molecular complexity index is 805. The first kappa shape index (κ1) is 18.9. The van der Waals surface area contributed by atoms with Gasteiger partial charge in [-0.3, -0.25) is 4.79 Å². The number of hydrogen-bond donors (Lipinski definition) is 1. The molecule has 1 fully saturated rings. The second-order valence-electron chi connectivity index (χ2n) is 6.38. The van der Waals surface area contributed by atoms with Gasteiger partial charge in [0.25, 0.3) is 0 Å². The van der Waals surface area contributed by atoms with E-state index in [1.54, 1.807) is 17.0 Å². The molecule has 0 saturated carbocycles. The standard InChI is InChI=1S/C18H19F3N4O2/c1-11(23-12(2)26)13-3-5-14(6-4-13)27-15-9-25(10-15)17-22-8-7-16(24-17)18(19,20)21/h3-8,11,15H,9-10H2,1-2H3,(H,23,26)/t11-/m0/s1. The molecule has 0 radical (unpaired) electrons. The minimum Gasteiger partial charge on any atom is -0.487 e. The molecule has 3 rings (SSSR count). The number of nitrogens with zero attached hydrogens (tertiary/aromatic N) is 3. The van der Waals surface area contributed by atoms with Crippen molar-refractivity contribution in [3.63, 3.8) is 0 Å². The Morgan fingerprint density at radius 3 is 2.52 bits per heavy atom. The van der Waals surface area contributed by atoms with Crippen LogP contribution in [0.2, 0.25) is 0 Å². The molecule has 1 aliphatic rings. The molecule has 1 aromatic carbocycles. The summed E-state index contributed by atoms with van der Waals surface area (Å²) in [6.45, 7) is 4.16. The average molecular weight is 380 g/mol. The highest BCUT2D eigenvalue weighted by Crippen LogP contribution is 2.29. The van der Waals surface area contributed by atoms with Crippen molar-refractivity contribution >= 4 is 11.9 Å². The van der Waals surface area contributed by atoms with Crippen molar-refractivity contribution < 1.29 is 22.7 Å². The smallest absolute Gasteiger partial charge is 0.433 e. The number of hydrogen-bond acceptors (Lipinski definition) is 5. The zero-order valence-corrected chi connectivity index (χ0v) is 14.8. The molecular weight excluding hydrogens is 361 g/mol. The number of amides is 1. The summed E-state index contributed by atoms with van der Waals surface area (Å²) in [5.41, 5.74) is -0.00843. The van der Waals surface area contributed by atoms with E-state index in [0.29, 0.717) is 18.8 Å². The van der Waals surface area contributed by atoms with E-state index in [-0.39, 0.29) is 24.0 Å². The Hall–Kier alpha value is -2.84. The Balaban J connectivity index is 1.54. The van der Waals surface area contributed by atoms with E-state index in [1.807, 2.05) is 19.1 Å². The van der Waals surface area contributed by atoms with Crippen LogP contribution in [0.3, 0.4) is 0 Å². The maximum Gasteiger partial charge on any atom is 0.433 e. The molecule has 27 heavy (non-hydrogen) atoms. The summed E-state index contributed by atoms with van der Waals surface area (Å²) >= 11 is 0. The van der Waals surface area contributed by atoms with Gasteiger partial charge in [0.1, 0.15) is 17.5 Å². The van der Waals surface area contributed by atoms with Crippen LogP contribution >= 0.6 is 0 Å². The van der Waals surface area contributed by atoms with Crippen LogP contribution in [0.15, 0.2) is 36.5 Å². The van der Waals surface area contributed by atoms with Crippen molar-refractivity contribution in [2.75, 3.05) is 18.0 Å². The predicted octanol–water partition coefficient (Wildman–Crippen LogP) is 2.96. The van der Waals surface area contributed by atoms with E-state index in [2.05, 4.69) is 15.3 Å². The molecule has 1 amide bonds. The van der Waals surface area contributed by atoms with E-state index in [9.17, 15) is 18.0 Å². The largest absolute Gasteiger partial charge is 0.487 e. The van der Waals surface area contributed by atoms with Crippen molar-refractivity contribution in [2.24, 2.45) is 0 Å². The highest BCUT2D eigenvalue weighted by atomic mass is 19.4. The second-order valence-corrected chi connectivity index (χ2v) is 6.38. The highest BCUT2D eigenvalue weighted by molar-refractivity contribution is 5.73. The number of ether oxygens (including phenoxy) is 1. The first-order chi connectivity index (χ1) is 12.7. The summed E-state index contributed by atoms with van der Waals surface area (Å²) in [4.78, 5) is 20.2. The number of rotatable bonds is 5. The molecule has 1 saturated heterocycles. The zero-order chi connectivity index (χ0) is 19.6. The molecule has 0 spiro atoms. The molecule has 6 nitrogen and oxygen atoms in total. The summed E-state index contributed by atoms with van der Waals surface area (Å²) < 4.78 is 44.0. The Kier molecular flexibility index (Phi) is 5.20. The number of carbonyl (C=O) groups excluding carboxylic acids is 1. The normalized spacial score (nSPS) is 15.8. The maximum absolute atomic E-state index is 12.7. The summed E-state index contributed by atoms with van der Waals surface area (Å²) in [7, 11) is 0. The van der Waals surface area contributed by atoms with Crippen LogP contribution in [0.4, 0.5) is 19.1 Å². The van der Waals surface area contributed by atoms with E-state index in [0.717, 1.165) is 17.8 Å². The summed E-state index contributed by atoms with van der Waals surface area (Å²) in [6.07, 6.45) is -3.54. The lowest BCUT2D eigenvalue weighted by molar-refractivity contribution is -0.141. The van der Waals surface area contributed by atoms with Crippen LogP contribution < -0.4 is 15.0 Å². The Morgan fingerprint density at radius 1 is 1.26 bits per heavy atom. The van der Waals surface area contributed by atoms with E-state index < -0.39 is 11.9 Å². The molecular formula is C18H19F3N4O2. The molecule has 0 aliphatic carbocycles. The van der Waals surface area contributed by atoms with Gasteiger partial charge in [-0.2, -0.15) is 13.2 Å². The van der Waals surface area contributed by atoms with Crippen LogP contribution in [-0.2, 0) is 11.0 Å². The molecule has 144 valence electrons. The van der Waals surface area contributed by atoms with Gasteiger partial charge in [-0.1, -0.05) is 12.1 Å². The number of halogens is 3. The van der Waals surface area contributed by atoms with Crippen LogP contribution in [0, 0.1) is 0 Å². The Morgan fingerprint density at radius 2 is 1.93 bits per heavy atom. The fraction of sp³-hybridized carbons (Fsp3) is 0.389. The second kappa shape index (κ2) is 7.42. The van der Waals surface area contributed by atoms with E-state index in [1.165, 1.54) is 6.92 Å². The molecule has 0 bridgehead atoms. The molecule has 1 aliphatic heterocycles. The maximum atomic E-state index is 12.7. The zero-order valence-electron chi connectivity index (χ0n) is 14.8. The molecule has 9 heteroatoms. The molecule has 2 heterocycles. The molecule has 1 N–H and O–H groups in total. The predicted molar refractivity (Wildman–Crippen MR) is 92.3 cm³/mol. The first-order valence-electron chi connectivity index (χ1n) is 8.41. The fourth-order valence-corrected chi connectivity index (χ4v) is 2.75. The van der Waals surface area contributed by atoms with Crippen LogP contribution in [0.1, 0.15) is 31.1 Å². The number of anilines is 1. The third-order valence-electron chi connectivity index (χ3n) is 4.17. The molecule has 1 aromatic heterocycles. The van der Waals surface area contributed by atoms with Gasteiger partial charge in [-0.15, -0.1) is 0 Å². The molecule has 0 unspecified atom stereocenters. The van der Waals surface area contributed by atoms with E-state index >= 15 is 0 Å². The number of carbonyl (C=O) groups is 1. The van der Waals surface area contributed by atoms with Crippen LogP contribution in [0.5, 0.6) is 5.75 Å². The van der Waals surface area contributed by atoms with Crippen molar-refractivity contribution in [3.8, 4) is 5.75 Å². The number of nitrogens with one attached hydrogen (secondary N) is 1. The van der Waals surface area contributed by atoms with E-state index in [4.69, 9.17) is 4.74 Å². The quantitative estimate of drug-likeness (QED) is 0.864. The third kappa shape index (κ3) is 4.66. The number of aromatic nitrogens is 2. The van der Waals surface area contributed by atoms with Gasteiger partial charge in [0.15, 0.2) is 0 Å². The minimum absolute atomic E-state index is 0.0455. The van der Waals surface area contributed by atoms with Gasteiger partial charge in [0.05, 0.1) is 19.1 Å². The lowest BCUT2D eigenvalue weighted by Crippen LogP contribution is -2.54. The summed E-state index contributed by atoms with van der Waals surface area (Å²) in [5.74, 6) is 0.599. The topological polar surface area (TPSA) is 67.3 Å². The van der Waals surface area contributed by atoms with Crippen molar-refractivity contribution in [3.05, 3.63) is 47.8 Å². The van der Waals surface area contributed by atoms with Gasteiger partial charge in [0.2, 0.25) is 11.9 Å². The molecule has 2 aromatic rings. The van der Waals surface area contributed by atoms with Gasteiger partial charge >= 0.3 is 6.18 Å². The van der Waals surface area contributed by atoms with Crippen molar-refractivity contribution in [1.82, 2.24) is 15.3 Å². The highest BCUT2D eigenvalue weighted by Gasteiger charge is 2.35. The minimum atomic E-state index is -4.49. The van der Waals surface area contributed by atoms with Crippen LogP contribution in [0.25, 0.3) is 0 Å². The fourth-order valence-electron chi connectivity index (χ4n) is 2.75. The third-order valence-corrected chi connectivity index (χ3v) is 4.17. The summed E-state index contributed by atoms with van der Waals surface area (Å²) in [6, 6.07) is 8.08. The van der Waals surface area contributed by atoms with Crippen LogP contribution in [-0.4, -0.2) is 35.1 Å². The van der Waals surface area contributed by atoms with Gasteiger partial charge < -0.3 is 15.0 Å². The monoisotopic (exact) mass is 380 g/mol. The average Bonchev–Trinajstić information content (AvgIpc) is 2.57. The lowest BCUT2D eigenvalue weighted by Gasteiger charge is -2.39. The molecule has 1 atom stereocenters. The SMILES string of the molecule is CC(=O)N[C@@H](C)c1ccc(OC2CN(c3nccc(C(F)(F)F)n3)C2)cc1. The number of alkyl halides is 3. The van der Waals surface area contributed by atoms with Gasteiger partial charge in [-0.05, 0) is 30.7 Å². The van der Waals surface area contributed by atoms with Crippen molar-refractivity contribution in [1.29, 1.82) is 0 Å².